The number of carbonyl (C=O) groups is 1. The Kier molecular flexibility index (Phi) is 7.12. The molecular formula is C16H22F3N3O3. The van der Waals surface area contributed by atoms with Gasteiger partial charge in [0.25, 0.3) is 0 Å². The van der Waals surface area contributed by atoms with E-state index in [1.807, 2.05) is 0 Å². The molecule has 0 saturated carbocycles. The molecule has 2 rings (SSSR count). The smallest absolute Gasteiger partial charge is 0.376 e. The molecule has 1 aromatic heterocycles. The number of hydrogen-bond acceptors (Lipinski definition) is 5. The first-order chi connectivity index (χ1) is 11.8. The van der Waals surface area contributed by atoms with Crippen LogP contribution in [0.3, 0.4) is 0 Å². The van der Waals surface area contributed by atoms with Gasteiger partial charge in [0.1, 0.15) is 18.1 Å². The van der Waals surface area contributed by atoms with E-state index >= 15 is 0 Å². The van der Waals surface area contributed by atoms with Crippen molar-refractivity contribution in [3.8, 4) is 0 Å². The van der Waals surface area contributed by atoms with Crippen LogP contribution < -0.4 is 5.32 Å². The Hall–Kier alpha value is -1.74. The first kappa shape index (κ1) is 19.6. The van der Waals surface area contributed by atoms with E-state index in [0.717, 1.165) is 31.9 Å². The van der Waals surface area contributed by atoms with E-state index < -0.39 is 11.9 Å². The number of hydrogen-bond donors (Lipinski definition) is 1. The van der Waals surface area contributed by atoms with Crippen LogP contribution in [0, 0.1) is 6.92 Å². The third-order valence-electron chi connectivity index (χ3n) is 3.67. The average molecular weight is 361 g/mol. The molecule has 9 heteroatoms. The lowest BCUT2D eigenvalue weighted by molar-refractivity contribution is -0.141. The molecule has 0 radical (unpaired) electrons. The van der Waals surface area contributed by atoms with Crippen LogP contribution in [0.2, 0.25) is 0 Å². The SMILES string of the molecule is Cc1cc(C(F)(F)F)nc(CCNC(=O)COC[C@H]2CCCCO2)n1. The summed E-state index contributed by atoms with van der Waals surface area (Å²) < 4.78 is 48.9. The van der Waals surface area contributed by atoms with Crippen molar-refractivity contribution in [2.75, 3.05) is 26.4 Å². The van der Waals surface area contributed by atoms with Gasteiger partial charge in [0, 0.05) is 25.3 Å². The molecule has 1 aromatic rings. The molecule has 1 aliphatic rings. The van der Waals surface area contributed by atoms with Crippen LogP contribution >= 0.6 is 0 Å². The van der Waals surface area contributed by atoms with Gasteiger partial charge in [0.2, 0.25) is 5.91 Å². The number of ether oxygens (including phenoxy) is 2. The van der Waals surface area contributed by atoms with Crippen LogP contribution in [0.4, 0.5) is 13.2 Å². The highest BCUT2D eigenvalue weighted by Gasteiger charge is 2.33. The molecule has 1 fully saturated rings. The molecule has 2 heterocycles. The number of nitrogens with zero attached hydrogens (tertiary/aromatic N) is 2. The second kappa shape index (κ2) is 9.10. The first-order valence-electron chi connectivity index (χ1n) is 8.22. The van der Waals surface area contributed by atoms with E-state index in [1.54, 1.807) is 0 Å². The maximum absolute atomic E-state index is 12.7. The Morgan fingerprint density at radius 3 is 2.88 bits per heavy atom. The summed E-state index contributed by atoms with van der Waals surface area (Å²) in [5.41, 5.74) is -0.739. The highest BCUT2D eigenvalue weighted by molar-refractivity contribution is 5.77. The third-order valence-corrected chi connectivity index (χ3v) is 3.67. The van der Waals surface area contributed by atoms with Crippen molar-refractivity contribution in [3.63, 3.8) is 0 Å². The van der Waals surface area contributed by atoms with Gasteiger partial charge in [-0.3, -0.25) is 4.79 Å². The minimum atomic E-state index is -4.51. The van der Waals surface area contributed by atoms with Crippen molar-refractivity contribution >= 4 is 5.91 Å². The molecule has 1 atom stereocenters. The van der Waals surface area contributed by atoms with Gasteiger partial charge in [-0.1, -0.05) is 0 Å². The number of aryl methyl sites for hydroxylation is 1. The van der Waals surface area contributed by atoms with Crippen molar-refractivity contribution in [1.29, 1.82) is 0 Å². The van der Waals surface area contributed by atoms with Crippen molar-refractivity contribution in [2.24, 2.45) is 0 Å². The standard InChI is InChI=1S/C16H22F3N3O3/c1-11-8-13(16(17,18)19)22-14(21-11)5-6-20-15(23)10-24-9-12-4-2-3-7-25-12/h8,12H,2-7,9-10H2,1H3,(H,20,23)/t12-/m1/s1. The Balaban J connectivity index is 1.69. The molecule has 0 spiro atoms. The maximum atomic E-state index is 12.7. The zero-order chi connectivity index (χ0) is 18.3. The predicted molar refractivity (Wildman–Crippen MR) is 82.9 cm³/mol. The Morgan fingerprint density at radius 2 is 2.20 bits per heavy atom. The van der Waals surface area contributed by atoms with Gasteiger partial charge in [-0.25, -0.2) is 9.97 Å². The lowest BCUT2D eigenvalue weighted by atomic mass is 10.1. The number of halogens is 3. The number of aromatic nitrogens is 2. The number of rotatable bonds is 7. The van der Waals surface area contributed by atoms with Gasteiger partial charge in [-0.15, -0.1) is 0 Å². The fourth-order valence-electron chi connectivity index (χ4n) is 2.47. The zero-order valence-corrected chi connectivity index (χ0v) is 14.1. The minimum Gasteiger partial charge on any atom is -0.376 e. The number of carbonyl (C=O) groups excluding carboxylic acids is 1. The average Bonchev–Trinajstić information content (AvgIpc) is 2.54. The summed E-state index contributed by atoms with van der Waals surface area (Å²) in [5.74, 6) is -0.288. The molecule has 1 amide bonds. The van der Waals surface area contributed by atoms with Crippen molar-refractivity contribution in [2.45, 2.75) is 44.9 Å². The molecule has 0 bridgehead atoms. The number of nitrogens with one attached hydrogen (secondary N) is 1. The first-order valence-corrected chi connectivity index (χ1v) is 8.22. The predicted octanol–water partition coefficient (Wildman–Crippen LogP) is 2.05. The molecule has 1 saturated heterocycles. The number of alkyl halides is 3. The van der Waals surface area contributed by atoms with E-state index in [-0.39, 0.29) is 43.1 Å². The number of amides is 1. The fourth-order valence-corrected chi connectivity index (χ4v) is 2.47. The summed E-state index contributed by atoms with van der Waals surface area (Å²) in [6, 6.07) is 0.892. The summed E-state index contributed by atoms with van der Waals surface area (Å²) in [6.07, 6.45) is -1.30. The lowest BCUT2D eigenvalue weighted by Gasteiger charge is -2.22. The zero-order valence-electron chi connectivity index (χ0n) is 14.1. The third kappa shape index (κ3) is 6.95. The summed E-state index contributed by atoms with van der Waals surface area (Å²) >= 11 is 0. The van der Waals surface area contributed by atoms with Crippen molar-refractivity contribution < 1.29 is 27.4 Å². The summed E-state index contributed by atoms with van der Waals surface area (Å²) in [4.78, 5) is 19.1. The molecule has 140 valence electrons. The van der Waals surface area contributed by atoms with Crippen molar-refractivity contribution in [3.05, 3.63) is 23.3 Å². The topological polar surface area (TPSA) is 73.3 Å². The van der Waals surface area contributed by atoms with Crippen LogP contribution in [0.1, 0.15) is 36.5 Å². The highest BCUT2D eigenvalue weighted by Crippen LogP contribution is 2.27. The monoisotopic (exact) mass is 361 g/mol. The van der Waals surface area contributed by atoms with Gasteiger partial charge in [0.15, 0.2) is 0 Å². The second-order valence-electron chi connectivity index (χ2n) is 5.91. The Labute approximate surface area is 144 Å². The molecule has 0 aliphatic carbocycles. The molecule has 1 aliphatic heterocycles. The molecule has 0 aromatic carbocycles. The van der Waals surface area contributed by atoms with Gasteiger partial charge in [0.05, 0.1) is 12.7 Å². The van der Waals surface area contributed by atoms with E-state index in [4.69, 9.17) is 9.47 Å². The maximum Gasteiger partial charge on any atom is 0.433 e. The molecule has 25 heavy (non-hydrogen) atoms. The van der Waals surface area contributed by atoms with Crippen LogP contribution in [0.5, 0.6) is 0 Å². The summed E-state index contributed by atoms with van der Waals surface area (Å²) in [6.45, 7) is 2.59. The highest BCUT2D eigenvalue weighted by atomic mass is 19.4. The van der Waals surface area contributed by atoms with E-state index in [1.165, 1.54) is 6.92 Å². The van der Waals surface area contributed by atoms with E-state index in [2.05, 4.69) is 15.3 Å². The van der Waals surface area contributed by atoms with Gasteiger partial charge < -0.3 is 14.8 Å². The van der Waals surface area contributed by atoms with Gasteiger partial charge >= 0.3 is 6.18 Å². The second-order valence-corrected chi connectivity index (χ2v) is 5.91. The van der Waals surface area contributed by atoms with Crippen LogP contribution in [0.15, 0.2) is 6.07 Å². The normalized spacial score (nSPS) is 18.2. The van der Waals surface area contributed by atoms with E-state index in [9.17, 15) is 18.0 Å². The van der Waals surface area contributed by atoms with Crippen LogP contribution in [0.25, 0.3) is 0 Å². The summed E-state index contributed by atoms with van der Waals surface area (Å²) in [5, 5.41) is 2.58. The van der Waals surface area contributed by atoms with Crippen LogP contribution in [-0.2, 0) is 26.9 Å². The minimum absolute atomic E-state index is 0.0306. The van der Waals surface area contributed by atoms with Gasteiger partial charge in [-0.2, -0.15) is 13.2 Å². The Bertz CT molecular complexity index is 575. The quantitative estimate of drug-likeness (QED) is 0.805. The molecule has 1 N–H and O–H groups in total. The molecular weight excluding hydrogens is 339 g/mol. The van der Waals surface area contributed by atoms with Crippen LogP contribution in [-0.4, -0.2) is 48.3 Å². The molecule has 0 unspecified atom stereocenters. The Morgan fingerprint density at radius 1 is 1.40 bits per heavy atom. The van der Waals surface area contributed by atoms with Gasteiger partial charge in [-0.05, 0) is 32.3 Å². The lowest BCUT2D eigenvalue weighted by Crippen LogP contribution is -2.32. The molecule has 6 nitrogen and oxygen atoms in total. The van der Waals surface area contributed by atoms with E-state index in [0.29, 0.717) is 6.61 Å². The summed E-state index contributed by atoms with van der Waals surface area (Å²) in [7, 11) is 0. The van der Waals surface area contributed by atoms with Crippen molar-refractivity contribution in [1.82, 2.24) is 15.3 Å². The largest absolute Gasteiger partial charge is 0.433 e. The fraction of sp³-hybridized carbons (Fsp3) is 0.688.